The van der Waals surface area contributed by atoms with Crippen LogP contribution < -0.4 is 21.1 Å². The van der Waals surface area contributed by atoms with Crippen LogP contribution in [-0.4, -0.2) is 77.0 Å². The van der Waals surface area contributed by atoms with Crippen LogP contribution in [0.2, 0.25) is 10.0 Å². The molecular weight excluding hydrogens is 700 g/mol. The molecule has 0 radical (unpaired) electrons. The van der Waals surface area contributed by atoms with Crippen molar-refractivity contribution in [3.8, 4) is 16.9 Å². The first kappa shape index (κ1) is 36.1. The van der Waals surface area contributed by atoms with Gasteiger partial charge in [0.2, 0.25) is 5.91 Å². The van der Waals surface area contributed by atoms with E-state index in [2.05, 4.69) is 47.9 Å². The Morgan fingerprint density at radius 2 is 1.67 bits per heavy atom. The lowest BCUT2D eigenvalue weighted by molar-refractivity contribution is -0.274. The molecule has 3 fully saturated rings. The number of nitrogens with two attached hydrogens (primary N) is 1. The van der Waals surface area contributed by atoms with Crippen molar-refractivity contribution in [2.45, 2.75) is 75.7 Å². The fraction of sp³-hybridized carbons (Fsp3) is 0.447. The molecule has 272 valence electrons. The highest BCUT2D eigenvalue weighted by Gasteiger charge is 2.40. The van der Waals surface area contributed by atoms with Crippen LogP contribution in [0, 0.1) is 0 Å². The lowest BCUT2D eigenvalue weighted by Gasteiger charge is -2.41. The number of piperidine rings is 1. The number of piperazine rings is 1. The van der Waals surface area contributed by atoms with Gasteiger partial charge in [0.25, 0.3) is 0 Å². The molecule has 1 amide bonds. The Labute approximate surface area is 306 Å². The molecule has 4 aromatic rings. The largest absolute Gasteiger partial charge is 0.573 e. The summed E-state index contributed by atoms with van der Waals surface area (Å²) in [5.74, 6) is -0.377. The topological polar surface area (TPSA) is 87.8 Å². The monoisotopic (exact) mass is 742 g/mol. The van der Waals surface area contributed by atoms with Gasteiger partial charge < -0.3 is 25.7 Å². The summed E-state index contributed by atoms with van der Waals surface area (Å²) in [6.45, 7) is 5.99. The van der Waals surface area contributed by atoms with Gasteiger partial charge in [0.05, 0.1) is 5.54 Å². The molecule has 2 unspecified atom stereocenters. The molecule has 4 heterocycles. The molecule has 0 saturated carbocycles. The van der Waals surface area contributed by atoms with Crippen molar-refractivity contribution in [3.63, 3.8) is 0 Å². The summed E-state index contributed by atoms with van der Waals surface area (Å²) in [5, 5.41) is 8.70. The Morgan fingerprint density at radius 3 is 2.33 bits per heavy atom. The van der Waals surface area contributed by atoms with Crippen LogP contribution in [-0.2, 0) is 24.4 Å². The molecule has 13 heteroatoms. The maximum Gasteiger partial charge on any atom is 0.573 e. The average molecular weight is 744 g/mol. The summed E-state index contributed by atoms with van der Waals surface area (Å²) in [7, 11) is 0. The number of halogens is 5. The maximum absolute atomic E-state index is 12.9. The Hall–Kier alpha value is -3.32. The number of benzene rings is 3. The van der Waals surface area contributed by atoms with E-state index >= 15 is 0 Å². The quantitative estimate of drug-likeness (QED) is 0.144. The number of carbonyl (C=O) groups excluding carboxylic acids is 1. The van der Waals surface area contributed by atoms with Gasteiger partial charge in [-0.15, -0.1) is 13.2 Å². The zero-order valence-electron chi connectivity index (χ0n) is 28.3. The first-order chi connectivity index (χ1) is 24.5. The molecule has 3 saturated heterocycles. The summed E-state index contributed by atoms with van der Waals surface area (Å²) >= 11 is 13.0. The smallest absolute Gasteiger partial charge is 0.406 e. The van der Waals surface area contributed by atoms with Crippen LogP contribution in [0.3, 0.4) is 0 Å². The third-order valence-corrected chi connectivity index (χ3v) is 11.4. The molecule has 2 atom stereocenters. The summed E-state index contributed by atoms with van der Waals surface area (Å²) in [6.07, 6.45) is 1.45. The highest BCUT2D eigenvalue weighted by Crippen LogP contribution is 2.37. The van der Waals surface area contributed by atoms with Crippen LogP contribution in [0.5, 0.6) is 5.75 Å². The first-order valence-corrected chi connectivity index (χ1v) is 18.4. The predicted octanol–water partition coefficient (Wildman–Crippen LogP) is 6.95. The number of alkyl halides is 3. The average Bonchev–Trinajstić information content (AvgIpc) is 3.56. The maximum atomic E-state index is 12.9. The van der Waals surface area contributed by atoms with Crippen molar-refractivity contribution in [2.24, 2.45) is 5.73 Å². The number of carbonyl (C=O) groups is 1. The number of hydrogen-bond donors (Lipinski definition) is 3. The molecule has 51 heavy (non-hydrogen) atoms. The standard InChI is InChI=1S/C38H43Cl2F3N6O2/c39-33-3-1-4-34(40)32(33)24-49-27-8-9-28(49)22-47(21-27)20-25-5-12-35-30(19-25)31(26-6-10-29(11-7-26)51-38(41,42)43)23-48(35)18-2-15-46-36(50)37(44)13-16-45-17-14-37/h1,3-7,10-12,19,23,27-28,45H,2,8-9,13-18,20-22,24,44H2,(H,46,50). The molecule has 7 rings (SSSR count). The van der Waals surface area contributed by atoms with Crippen molar-refractivity contribution < 1.29 is 22.7 Å². The molecule has 4 N–H and O–H groups in total. The molecule has 3 aliphatic rings. The molecule has 3 aromatic carbocycles. The lowest BCUT2D eigenvalue weighted by Crippen LogP contribution is -2.59. The zero-order valence-corrected chi connectivity index (χ0v) is 29.8. The van der Waals surface area contributed by atoms with Gasteiger partial charge >= 0.3 is 6.36 Å². The second kappa shape index (κ2) is 15.0. The minimum atomic E-state index is -4.76. The summed E-state index contributed by atoms with van der Waals surface area (Å²) in [5.41, 5.74) is 10.4. The summed E-state index contributed by atoms with van der Waals surface area (Å²) < 4.78 is 44.9. The lowest BCUT2D eigenvalue weighted by atomic mass is 9.88. The Morgan fingerprint density at radius 1 is 0.980 bits per heavy atom. The van der Waals surface area contributed by atoms with E-state index in [0.717, 1.165) is 79.7 Å². The number of amides is 1. The van der Waals surface area contributed by atoms with E-state index in [-0.39, 0.29) is 11.7 Å². The molecule has 8 nitrogen and oxygen atoms in total. The summed E-state index contributed by atoms with van der Waals surface area (Å²) in [4.78, 5) is 17.9. The number of nitrogens with one attached hydrogen (secondary N) is 2. The number of likely N-dealkylation sites (tertiary alicyclic amines) is 1. The van der Waals surface area contributed by atoms with Crippen LogP contribution in [0.25, 0.3) is 22.0 Å². The van der Waals surface area contributed by atoms with Crippen LogP contribution in [0.1, 0.15) is 43.2 Å². The molecule has 2 bridgehead atoms. The normalized spacial score (nSPS) is 20.9. The Bertz CT molecular complexity index is 1830. The van der Waals surface area contributed by atoms with Gasteiger partial charge in [0.15, 0.2) is 0 Å². The molecule has 1 aromatic heterocycles. The van der Waals surface area contributed by atoms with Crippen LogP contribution in [0.4, 0.5) is 13.2 Å². The number of aromatic nitrogens is 1. The number of nitrogens with zero attached hydrogens (tertiary/aromatic N) is 3. The van der Waals surface area contributed by atoms with Crippen LogP contribution in [0.15, 0.2) is 66.9 Å². The number of fused-ring (bicyclic) bond motifs is 3. The van der Waals surface area contributed by atoms with Gasteiger partial charge in [-0.25, -0.2) is 0 Å². The van der Waals surface area contributed by atoms with Gasteiger partial charge in [0, 0.05) is 89.6 Å². The van der Waals surface area contributed by atoms with Gasteiger partial charge in [-0.2, -0.15) is 0 Å². The molecular formula is C38H43Cl2F3N6O2. The fourth-order valence-electron chi connectivity index (χ4n) is 8.01. The second-order valence-electron chi connectivity index (χ2n) is 14.1. The molecule has 0 aliphatic carbocycles. The van der Waals surface area contributed by atoms with E-state index in [9.17, 15) is 18.0 Å². The van der Waals surface area contributed by atoms with E-state index in [1.54, 1.807) is 12.1 Å². The van der Waals surface area contributed by atoms with E-state index in [1.807, 2.05) is 24.4 Å². The third-order valence-electron chi connectivity index (χ3n) is 10.7. The number of rotatable bonds is 11. The minimum Gasteiger partial charge on any atom is -0.406 e. The highest BCUT2D eigenvalue weighted by atomic mass is 35.5. The first-order valence-electron chi connectivity index (χ1n) is 17.6. The summed E-state index contributed by atoms with van der Waals surface area (Å²) in [6, 6.07) is 19.0. The number of ether oxygens (including phenoxy) is 1. The Kier molecular flexibility index (Phi) is 10.6. The van der Waals surface area contributed by atoms with E-state index in [0.29, 0.717) is 54.5 Å². The minimum absolute atomic E-state index is 0.116. The third kappa shape index (κ3) is 8.19. The molecule has 0 spiro atoms. The second-order valence-corrected chi connectivity index (χ2v) is 14.9. The Balaban J connectivity index is 1.07. The van der Waals surface area contributed by atoms with Gasteiger partial charge in [-0.3, -0.25) is 14.6 Å². The van der Waals surface area contributed by atoms with Crippen molar-refractivity contribution in [3.05, 3.63) is 88.0 Å². The fourth-order valence-corrected chi connectivity index (χ4v) is 8.53. The number of hydrogen-bond acceptors (Lipinski definition) is 6. The highest BCUT2D eigenvalue weighted by molar-refractivity contribution is 6.36. The van der Waals surface area contributed by atoms with Crippen molar-refractivity contribution in [2.75, 3.05) is 32.7 Å². The van der Waals surface area contributed by atoms with Gasteiger partial charge in [-0.05, 0) is 92.7 Å². The zero-order chi connectivity index (χ0) is 35.8. The SMILES string of the molecule is NC1(C(=O)NCCCn2cc(-c3ccc(OC(F)(F)F)cc3)c3cc(CN4CC5CCC(C4)N5Cc4c(Cl)cccc4Cl)ccc32)CCNCC1. The van der Waals surface area contributed by atoms with E-state index in [4.69, 9.17) is 28.9 Å². The number of aryl methyl sites for hydroxylation is 1. The van der Waals surface area contributed by atoms with E-state index in [1.165, 1.54) is 17.7 Å². The van der Waals surface area contributed by atoms with Crippen molar-refractivity contribution >= 4 is 40.0 Å². The van der Waals surface area contributed by atoms with E-state index < -0.39 is 11.9 Å². The van der Waals surface area contributed by atoms with Crippen molar-refractivity contribution in [1.29, 1.82) is 0 Å². The van der Waals surface area contributed by atoms with Gasteiger partial charge in [-0.1, -0.05) is 47.5 Å². The predicted molar refractivity (Wildman–Crippen MR) is 195 cm³/mol. The molecule has 3 aliphatic heterocycles. The van der Waals surface area contributed by atoms with Crippen molar-refractivity contribution in [1.82, 2.24) is 25.0 Å². The van der Waals surface area contributed by atoms with Crippen LogP contribution >= 0.6 is 23.2 Å². The van der Waals surface area contributed by atoms with Gasteiger partial charge in [0.1, 0.15) is 5.75 Å².